The maximum atomic E-state index is 5.30. The van der Waals surface area contributed by atoms with E-state index in [4.69, 9.17) is 18.0 Å². The Hall–Kier alpha value is -0.110. The summed E-state index contributed by atoms with van der Waals surface area (Å²) in [7, 11) is 0. The van der Waals surface area contributed by atoms with Crippen molar-refractivity contribution in [3.05, 3.63) is 0 Å². The number of hydrogen-bond acceptors (Lipinski definition) is 1. The summed E-state index contributed by atoms with van der Waals surface area (Å²) in [6, 6.07) is 0. The monoisotopic (exact) mass is 131 g/mol. The molecule has 2 N–H and O–H groups in total. The molecular formula is C6H13NS. The summed E-state index contributed by atoms with van der Waals surface area (Å²) in [6.07, 6.45) is 2.06. The maximum absolute atomic E-state index is 5.30. The molecule has 0 radical (unpaired) electrons. The van der Waals surface area contributed by atoms with Crippen LogP contribution in [0.25, 0.3) is 0 Å². The van der Waals surface area contributed by atoms with E-state index >= 15 is 0 Å². The second-order valence-electron chi connectivity index (χ2n) is 2.18. The van der Waals surface area contributed by atoms with Gasteiger partial charge in [0.1, 0.15) is 0 Å². The third-order valence-electron chi connectivity index (χ3n) is 1.25. The third-order valence-corrected chi connectivity index (χ3v) is 1.41. The van der Waals surface area contributed by atoms with E-state index in [1.807, 2.05) is 0 Å². The SMILES string of the molecule is CC[C@H](C)CC(N)=S. The molecule has 0 saturated heterocycles. The largest absolute Gasteiger partial charge is 0.393 e. The Balaban J connectivity index is 3.24. The van der Waals surface area contributed by atoms with E-state index < -0.39 is 0 Å². The highest BCUT2D eigenvalue weighted by Crippen LogP contribution is 2.04. The van der Waals surface area contributed by atoms with Gasteiger partial charge in [0.25, 0.3) is 0 Å². The Morgan fingerprint density at radius 1 is 1.75 bits per heavy atom. The number of rotatable bonds is 3. The van der Waals surface area contributed by atoms with Gasteiger partial charge in [-0.25, -0.2) is 0 Å². The minimum Gasteiger partial charge on any atom is -0.393 e. The van der Waals surface area contributed by atoms with Crippen LogP contribution in [0.5, 0.6) is 0 Å². The highest BCUT2D eigenvalue weighted by molar-refractivity contribution is 7.80. The Morgan fingerprint density at radius 3 is 2.38 bits per heavy atom. The molecule has 8 heavy (non-hydrogen) atoms. The first kappa shape index (κ1) is 7.89. The molecule has 0 aromatic carbocycles. The van der Waals surface area contributed by atoms with Gasteiger partial charge in [-0.05, 0) is 5.92 Å². The van der Waals surface area contributed by atoms with Gasteiger partial charge in [-0.3, -0.25) is 0 Å². The van der Waals surface area contributed by atoms with Gasteiger partial charge in [-0.15, -0.1) is 0 Å². The van der Waals surface area contributed by atoms with Gasteiger partial charge in [0.2, 0.25) is 0 Å². The predicted octanol–water partition coefficient (Wildman–Crippen LogP) is 1.71. The minimum atomic E-state index is 0.638. The van der Waals surface area contributed by atoms with Crippen LogP contribution in [0.2, 0.25) is 0 Å². The lowest BCUT2D eigenvalue weighted by Crippen LogP contribution is -2.11. The average molecular weight is 131 g/mol. The lowest BCUT2D eigenvalue weighted by atomic mass is 10.1. The summed E-state index contributed by atoms with van der Waals surface area (Å²) < 4.78 is 0. The molecule has 0 heterocycles. The molecule has 0 aliphatic carbocycles. The summed E-state index contributed by atoms with van der Waals surface area (Å²) in [5, 5.41) is 0. The van der Waals surface area contributed by atoms with Crippen molar-refractivity contribution in [1.82, 2.24) is 0 Å². The van der Waals surface area contributed by atoms with E-state index in [0.29, 0.717) is 10.9 Å². The van der Waals surface area contributed by atoms with Gasteiger partial charge in [-0.1, -0.05) is 32.5 Å². The molecule has 0 aromatic heterocycles. The van der Waals surface area contributed by atoms with Crippen molar-refractivity contribution >= 4 is 17.2 Å². The Morgan fingerprint density at radius 2 is 2.25 bits per heavy atom. The second-order valence-corrected chi connectivity index (χ2v) is 2.71. The highest BCUT2D eigenvalue weighted by atomic mass is 32.1. The molecule has 0 saturated carbocycles. The van der Waals surface area contributed by atoms with Crippen molar-refractivity contribution in [1.29, 1.82) is 0 Å². The molecule has 0 rings (SSSR count). The lowest BCUT2D eigenvalue weighted by Gasteiger charge is -2.03. The summed E-state index contributed by atoms with van der Waals surface area (Å²) >= 11 is 4.72. The smallest absolute Gasteiger partial charge is 0.0730 e. The lowest BCUT2D eigenvalue weighted by molar-refractivity contribution is 0.588. The molecule has 0 spiro atoms. The molecule has 0 amide bonds. The van der Waals surface area contributed by atoms with Crippen LogP contribution in [0.15, 0.2) is 0 Å². The molecule has 1 atom stereocenters. The predicted molar refractivity (Wildman–Crippen MR) is 40.9 cm³/mol. The molecule has 48 valence electrons. The number of hydrogen-bond donors (Lipinski definition) is 1. The Labute approximate surface area is 56.3 Å². The van der Waals surface area contributed by atoms with Crippen LogP contribution in [-0.4, -0.2) is 4.99 Å². The summed E-state index contributed by atoms with van der Waals surface area (Å²) in [6.45, 7) is 4.29. The molecule has 0 bridgehead atoms. The van der Waals surface area contributed by atoms with Crippen molar-refractivity contribution < 1.29 is 0 Å². The van der Waals surface area contributed by atoms with E-state index in [0.717, 1.165) is 12.8 Å². The fourth-order valence-corrected chi connectivity index (χ4v) is 0.772. The first-order valence-electron chi connectivity index (χ1n) is 2.95. The van der Waals surface area contributed by atoms with Crippen LogP contribution in [-0.2, 0) is 0 Å². The van der Waals surface area contributed by atoms with E-state index in [1.165, 1.54) is 0 Å². The van der Waals surface area contributed by atoms with Crippen LogP contribution < -0.4 is 5.73 Å². The first-order chi connectivity index (χ1) is 3.66. The highest BCUT2D eigenvalue weighted by Gasteiger charge is 1.97. The van der Waals surface area contributed by atoms with Crippen LogP contribution in [0.1, 0.15) is 26.7 Å². The fraction of sp³-hybridized carbons (Fsp3) is 0.833. The Bertz CT molecular complexity index is 80.6. The molecule has 0 aromatic rings. The summed E-state index contributed by atoms with van der Waals surface area (Å²) in [4.78, 5) is 0.638. The van der Waals surface area contributed by atoms with Crippen molar-refractivity contribution in [2.45, 2.75) is 26.7 Å². The third kappa shape index (κ3) is 4.06. The van der Waals surface area contributed by atoms with Crippen LogP contribution >= 0.6 is 12.2 Å². The molecule has 0 fully saturated rings. The van der Waals surface area contributed by atoms with E-state index in [9.17, 15) is 0 Å². The standard InChI is InChI=1S/C6H13NS/c1-3-5(2)4-6(7)8/h5H,3-4H2,1-2H3,(H2,7,8)/t5-/m0/s1. The van der Waals surface area contributed by atoms with Crippen molar-refractivity contribution in [2.75, 3.05) is 0 Å². The molecule has 0 aliphatic heterocycles. The zero-order valence-electron chi connectivity index (χ0n) is 5.48. The molecule has 1 nitrogen and oxygen atoms in total. The van der Waals surface area contributed by atoms with Crippen molar-refractivity contribution in [3.8, 4) is 0 Å². The van der Waals surface area contributed by atoms with Crippen molar-refractivity contribution in [3.63, 3.8) is 0 Å². The quantitative estimate of drug-likeness (QED) is 0.590. The summed E-state index contributed by atoms with van der Waals surface area (Å²) in [5.74, 6) is 0.660. The van der Waals surface area contributed by atoms with E-state index in [1.54, 1.807) is 0 Å². The maximum Gasteiger partial charge on any atom is 0.0730 e. The minimum absolute atomic E-state index is 0.638. The topological polar surface area (TPSA) is 26.0 Å². The van der Waals surface area contributed by atoms with Crippen LogP contribution in [0.4, 0.5) is 0 Å². The number of thiocarbonyl (C=S) groups is 1. The zero-order valence-corrected chi connectivity index (χ0v) is 6.29. The normalized spacial score (nSPS) is 13.2. The van der Waals surface area contributed by atoms with Crippen molar-refractivity contribution in [2.24, 2.45) is 11.7 Å². The van der Waals surface area contributed by atoms with Gasteiger partial charge in [0.05, 0.1) is 4.99 Å². The summed E-state index contributed by atoms with van der Waals surface area (Å²) in [5.41, 5.74) is 5.30. The van der Waals surface area contributed by atoms with Gasteiger partial charge >= 0.3 is 0 Å². The molecular weight excluding hydrogens is 118 g/mol. The van der Waals surface area contributed by atoms with Gasteiger partial charge in [0, 0.05) is 6.42 Å². The van der Waals surface area contributed by atoms with Crippen LogP contribution in [0, 0.1) is 5.92 Å². The fourth-order valence-electron chi connectivity index (χ4n) is 0.488. The van der Waals surface area contributed by atoms with Gasteiger partial charge in [-0.2, -0.15) is 0 Å². The zero-order chi connectivity index (χ0) is 6.57. The van der Waals surface area contributed by atoms with Gasteiger partial charge < -0.3 is 5.73 Å². The molecule has 0 unspecified atom stereocenters. The van der Waals surface area contributed by atoms with E-state index in [-0.39, 0.29) is 0 Å². The Kier molecular flexibility index (Phi) is 3.79. The molecule has 0 aliphatic rings. The molecule has 2 heteroatoms. The second kappa shape index (κ2) is 3.84. The van der Waals surface area contributed by atoms with Gasteiger partial charge in [0.15, 0.2) is 0 Å². The number of nitrogens with two attached hydrogens (primary N) is 1. The van der Waals surface area contributed by atoms with Crippen LogP contribution in [0.3, 0.4) is 0 Å². The average Bonchev–Trinajstić information content (AvgIpc) is 1.65. The van der Waals surface area contributed by atoms with E-state index in [2.05, 4.69) is 13.8 Å². The first-order valence-corrected chi connectivity index (χ1v) is 3.36.